The van der Waals surface area contributed by atoms with Gasteiger partial charge < -0.3 is 23.8 Å². The minimum atomic E-state index is -0.639. The Labute approximate surface area is 196 Å². The lowest BCUT2D eigenvalue weighted by Crippen LogP contribution is -2.47. The summed E-state index contributed by atoms with van der Waals surface area (Å²) in [7, 11) is 3.01. The van der Waals surface area contributed by atoms with E-state index in [1.54, 1.807) is 23.1 Å². The zero-order chi connectivity index (χ0) is 24.0. The number of ether oxygens (including phenoxy) is 4. The van der Waals surface area contributed by atoms with Crippen molar-refractivity contribution in [3.63, 3.8) is 0 Å². The lowest BCUT2D eigenvalue weighted by atomic mass is 10.1. The molecule has 3 rings (SSSR count). The number of hydrogen-bond donors (Lipinski definition) is 0. The molecule has 1 heterocycles. The van der Waals surface area contributed by atoms with Crippen molar-refractivity contribution in [3.05, 3.63) is 58.4 Å². The number of amides is 1. The number of rotatable bonds is 8. The molecule has 1 aliphatic rings. The molecule has 0 N–H and O–H groups in total. The fourth-order valence-corrected chi connectivity index (χ4v) is 3.68. The molecular weight excluding hydrogens is 453 g/mol. The van der Waals surface area contributed by atoms with Gasteiger partial charge in [0, 0.05) is 18.7 Å². The van der Waals surface area contributed by atoms with E-state index in [-0.39, 0.29) is 35.7 Å². The Balaban J connectivity index is 1.59. The maximum absolute atomic E-state index is 14.0. The first-order valence-corrected chi connectivity index (χ1v) is 10.6. The molecule has 0 spiro atoms. The van der Waals surface area contributed by atoms with E-state index in [9.17, 15) is 14.0 Å². The Kier molecular flexibility index (Phi) is 8.30. The second kappa shape index (κ2) is 11.2. The zero-order valence-corrected chi connectivity index (χ0v) is 19.4. The molecule has 1 atom stereocenters. The van der Waals surface area contributed by atoms with Crippen LogP contribution in [0, 0.1) is 5.82 Å². The van der Waals surface area contributed by atoms with Crippen LogP contribution in [0.15, 0.2) is 36.4 Å². The minimum absolute atomic E-state index is 0.00871. The molecule has 1 unspecified atom stereocenters. The molecule has 9 heteroatoms. The number of carbonyl (C=O) groups is 2. The van der Waals surface area contributed by atoms with Gasteiger partial charge in [0.25, 0.3) is 0 Å². The smallest absolute Gasteiger partial charge is 0.246 e. The monoisotopic (exact) mass is 477 g/mol. The van der Waals surface area contributed by atoms with E-state index in [0.29, 0.717) is 41.8 Å². The normalized spacial score (nSPS) is 16.0. The molecule has 1 aliphatic heterocycles. The van der Waals surface area contributed by atoms with Crippen molar-refractivity contribution < 1.29 is 32.9 Å². The average Bonchev–Trinajstić information content (AvgIpc) is 2.81. The van der Waals surface area contributed by atoms with Crippen molar-refractivity contribution in [2.45, 2.75) is 13.0 Å². The van der Waals surface area contributed by atoms with Gasteiger partial charge in [-0.05, 0) is 42.8 Å². The number of morpholine rings is 1. The Morgan fingerprint density at radius 3 is 2.70 bits per heavy atom. The number of ketones is 1. The van der Waals surface area contributed by atoms with Gasteiger partial charge in [0.1, 0.15) is 24.3 Å². The summed E-state index contributed by atoms with van der Waals surface area (Å²) >= 11 is 6.36. The lowest BCUT2D eigenvalue weighted by Gasteiger charge is -2.32. The summed E-state index contributed by atoms with van der Waals surface area (Å²) in [6.45, 7) is 2.53. The summed E-state index contributed by atoms with van der Waals surface area (Å²) < 4.78 is 35.7. The number of halogens is 2. The highest BCUT2D eigenvalue weighted by Crippen LogP contribution is 2.37. The zero-order valence-electron chi connectivity index (χ0n) is 18.6. The van der Waals surface area contributed by atoms with Gasteiger partial charge in [-0.25, -0.2) is 4.39 Å². The number of nitrogens with zero attached hydrogens (tertiary/aromatic N) is 1. The van der Waals surface area contributed by atoms with E-state index in [1.165, 1.54) is 39.4 Å². The molecule has 7 nitrogen and oxygen atoms in total. The fourth-order valence-electron chi connectivity index (χ4n) is 3.38. The third kappa shape index (κ3) is 6.03. The van der Waals surface area contributed by atoms with Crippen LogP contribution in [0.4, 0.5) is 4.39 Å². The first-order valence-electron chi connectivity index (χ1n) is 10.3. The van der Waals surface area contributed by atoms with Crippen LogP contribution >= 0.6 is 11.6 Å². The van der Waals surface area contributed by atoms with E-state index in [1.807, 2.05) is 0 Å². The van der Waals surface area contributed by atoms with Crippen LogP contribution in [0.1, 0.15) is 22.8 Å². The van der Waals surface area contributed by atoms with Crippen LogP contribution in [0.25, 0.3) is 6.08 Å². The number of benzene rings is 2. The summed E-state index contributed by atoms with van der Waals surface area (Å²) in [4.78, 5) is 25.7. The van der Waals surface area contributed by atoms with Crippen LogP contribution in [0.3, 0.4) is 0 Å². The number of carbonyl (C=O) groups excluding carboxylic acids is 2. The van der Waals surface area contributed by atoms with Gasteiger partial charge in [-0.2, -0.15) is 0 Å². The van der Waals surface area contributed by atoms with Crippen molar-refractivity contribution in [1.29, 1.82) is 0 Å². The molecule has 0 radical (unpaired) electrons. The fraction of sp³-hybridized carbons (Fsp3) is 0.333. The second-order valence-corrected chi connectivity index (χ2v) is 7.70. The molecule has 1 fully saturated rings. The van der Waals surface area contributed by atoms with Crippen molar-refractivity contribution in [1.82, 2.24) is 4.90 Å². The van der Waals surface area contributed by atoms with Gasteiger partial charge in [0.15, 0.2) is 17.3 Å². The molecule has 1 amide bonds. The van der Waals surface area contributed by atoms with E-state index in [4.69, 9.17) is 30.5 Å². The highest BCUT2D eigenvalue weighted by Gasteiger charge is 2.24. The van der Waals surface area contributed by atoms with Crippen LogP contribution in [-0.2, 0) is 9.53 Å². The van der Waals surface area contributed by atoms with Gasteiger partial charge in [0.05, 0.1) is 38.0 Å². The van der Waals surface area contributed by atoms with Crippen LogP contribution in [-0.4, -0.2) is 63.2 Å². The van der Waals surface area contributed by atoms with Crippen molar-refractivity contribution >= 4 is 29.4 Å². The molecule has 1 saturated heterocycles. The average molecular weight is 478 g/mol. The number of methoxy groups -OCH3 is 2. The van der Waals surface area contributed by atoms with Crippen molar-refractivity contribution in [2.24, 2.45) is 0 Å². The lowest BCUT2D eigenvalue weighted by molar-refractivity contribution is -0.134. The molecule has 0 aromatic heterocycles. The largest absolute Gasteiger partial charge is 0.493 e. The van der Waals surface area contributed by atoms with Crippen molar-refractivity contribution in [3.8, 4) is 17.2 Å². The topological polar surface area (TPSA) is 74.3 Å². The Morgan fingerprint density at radius 1 is 1.24 bits per heavy atom. The molecule has 33 heavy (non-hydrogen) atoms. The highest BCUT2D eigenvalue weighted by molar-refractivity contribution is 6.33. The van der Waals surface area contributed by atoms with Crippen LogP contribution in [0.5, 0.6) is 17.2 Å². The third-order valence-corrected chi connectivity index (χ3v) is 5.52. The quantitative estimate of drug-likeness (QED) is 0.422. The molecule has 0 bridgehead atoms. The Hall–Kier alpha value is -3.10. The molecule has 176 valence electrons. The van der Waals surface area contributed by atoms with Gasteiger partial charge >= 0.3 is 0 Å². The Bertz CT molecular complexity index is 1060. The maximum atomic E-state index is 14.0. The predicted molar refractivity (Wildman–Crippen MR) is 122 cm³/mol. The Morgan fingerprint density at radius 2 is 2.03 bits per heavy atom. The number of Topliss-reactive ketones (excluding diaryl/α,β-unsaturated/α-hetero) is 1. The summed E-state index contributed by atoms with van der Waals surface area (Å²) in [6, 6.07) is 7.52. The SMILES string of the molecule is COc1ccc(C=CC(=O)N2CCOC(COc3ccc(C(C)=O)c(F)c3)C2)c(Cl)c1OC. The maximum Gasteiger partial charge on any atom is 0.246 e. The van der Waals surface area contributed by atoms with Crippen molar-refractivity contribution in [2.75, 3.05) is 40.5 Å². The number of hydrogen-bond acceptors (Lipinski definition) is 6. The summed E-state index contributed by atoms with van der Waals surface area (Å²) in [5.74, 6) is -0.0203. The van der Waals surface area contributed by atoms with Gasteiger partial charge in [-0.3, -0.25) is 9.59 Å². The van der Waals surface area contributed by atoms with Crippen LogP contribution < -0.4 is 14.2 Å². The first kappa shape index (κ1) is 24.5. The van der Waals surface area contributed by atoms with Gasteiger partial charge in [0.2, 0.25) is 5.91 Å². The molecule has 2 aromatic rings. The third-order valence-electron chi connectivity index (χ3n) is 5.13. The molecular formula is C24H25ClFNO6. The predicted octanol–water partition coefficient (Wildman–Crippen LogP) is 4.02. The van der Waals surface area contributed by atoms with E-state index < -0.39 is 5.82 Å². The summed E-state index contributed by atoms with van der Waals surface area (Å²) in [5, 5.41) is 0.345. The van der Waals surface area contributed by atoms with Crippen LogP contribution in [0.2, 0.25) is 5.02 Å². The highest BCUT2D eigenvalue weighted by atomic mass is 35.5. The standard InChI is InChI=1S/C24H25ClFNO6/c1-15(28)19-7-6-17(12-20(19)26)33-14-18-13-27(10-11-32-18)22(29)9-5-16-4-8-21(30-2)24(31-3)23(16)25/h4-9,12,18H,10-11,13-14H2,1-3H3. The van der Waals surface area contributed by atoms with E-state index >= 15 is 0 Å². The first-order chi connectivity index (χ1) is 15.8. The molecule has 0 saturated carbocycles. The van der Waals surface area contributed by atoms with Gasteiger partial charge in [-0.1, -0.05) is 11.6 Å². The van der Waals surface area contributed by atoms with Gasteiger partial charge in [-0.15, -0.1) is 0 Å². The summed E-state index contributed by atoms with van der Waals surface area (Å²) in [5.41, 5.74) is 0.626. The van der Waals surface area contributed by atoms with E-state index in [0.717, 1.165) is 6.07 Å². The minimum Gasteiger partial charge on any atom is -0.493 e. The molecule has 0 aliphatic carbocycles. The molecule has 2 aromatic carbocycles. The second-order valence-electron chi connectivity index (χ2n) is 7.32. The van der Waals surface area contributed by atoms with E-state index in [2.05, 4.69) is 0 Å². The summed E-state index contributed by atoms with van der Waals surface area (Å²) in [6.07, 6.45) is 2.68.